The van der Waals surface area contributed by atoms with Crippen molar-refractivity contribution in [2.75, 3.05) is 5.32 Å². The fourth-order valence-electron chi connectivity index (χ4n) is 1.18. The third-order valence-electron chi connectivity index (χ3n) is 1.74. The summed E-state index contributed by atoms with van der Waals surface area (Å²) < 4.78 is 0. The molecule has 2 rings (SSSR count). The van der Waals surface area contributed by atoms with Crippen molar-refractivity contribution >= 4 is 23.2 Å². The fraction of sp³-hybridized carbons (Fsp3) is 0.111. The molecule has 4 nitrogen and oxygen atoms in total. The molecule has 0 bridgehead atoms. The molecular weight excluding hydrogens is 168 g/mol. The van der Waals surface area contributed by atoms with Gasteiger partial charge in [-0.15, -0.1) is 0 Å². The molecule has 1 aliphatic rings. The minimum Gasteiger partial charge on any atom is -0.324 e. The van der Waals surface area contributed by atoms with Gasteiger partial charge in [-0.25, -0.2) is 5.32 Å². The van der Waals surface area contributed by atoms with E-state index in [1.807, 2.05) is 0 Å². The lowest BCUT2D eigenvalue weighted by Gasteiger charge is -2.02. The average Bonchev–Trinajstić information content (AvgIpc) is 2.20. The number of hydrogen-bond donors (Lipinski definition) is 1. The van der Waals surface area contributed by atoms with Crippen LogP contribution in [0, 0.1) is 0 Å². The summed E-state index contributed by atoms with van der Waals surface area (Å²) in [6, 6.07) is 6.96. The number of amides is 2. The Morgan fingerprint density at radius 2 is 2.00 bits per heavy atom. The van der Waals surface area contributed by atoms with Gasteiger partial charge in [0.05, 0.1) is 11.4 Å². The van der Waals surface area contributed by atoms with E-state index in [1.165, 1.54) is 0 Å². The van der Waals surface area contributed by atoms with Crippen molar-refractivity contribution in [3.8, 4) is 0 Å². The summed E-state index contributed by atoms with van der Waals surface area (Å²) >= 11 is 0. The molecule has 1 aromatic carbocycles. The zero-order valence-corrected chi connectivity index (χ0v) is 6.78. The van der Waals surface area contributed by atoms with Crippen LogP contribution in [0.3, 0.4) is 0 Å². The second-order valence-electron chi connectivity index (χ2n) is 2.75. The summed E-state index contributed by atoms with van der Waals surface area (Å²) in [5.41, 5.74) is 1.12. The molecular formula is C9H7N2O2. The van der Waals surface area contributed by atoms with Crippen LogP contribution < -0.4 is 10.6 Å². The van der Waals surface area contributed by atoms with Crippen LogP contribution in [0.1, 0.15) is 6.42 Å². The van der Waals surface area contributed by atoms with Crippen molar-refractivity contribution < 1.29 is 9.59 Å². The minimum absolute atomic E-state index is 0.172. The molecule has 0 saturated carbocycles. The molecule has 0 spiro atoms. The molecule has 1 aromatic rings. The number of benzene rings is 1. The lowest BCUT2D eigenvalue weighted by atomic mass is 10.2. The molecule has 2 amide bonds. The van der Waals surface area contributed by atoms with Crippen molar-refractivity contribution in [1.82, 2.24) is 5.32 Å². The van der Waals surface area contributed by atoms with Gasteiger partial charge in [0, 0.05) is 0 Å². The number of carbonyl (C=O) groups excluding carboxylic acids is 2. The van der Waals surface area contributed by atoms with Crippen LogP contribution in [-0.2, 0) is 9.59 Å². The minimum atomic E-state index is -0.401. The third-order valence-corrected chi connectivity index (χ3v) is 1.74. The summed E-state index contributed by atoms with van der Waals surface area (Å²) in [6.45, 7) is 0. The van der Waals surface area contributed by atoms with Gasteiger partial charge in [-0.2, -0.15) is 0 Å². The number of nitrogens with zero attached hydrogens (tertiary/aromatic N) is 1. The van der Waals surface area contributed by atoms with E-state index < -0.39 is 5.91 Å². The third kappa shape index (κ3) is 1.51. The van der Waals surface area contributed by atoms with Gasteiger partial charge in [0.15, 0.2) is 0 Å². The quantitative estimate of drug-likeness (QED) is 0.592. The zero-order valence-electron chi connectivity index (χ0n) is 6.78. The normalized spacial score (nSPS) is 15.4. The topological polar surface area (TPSA) is 60.3 Å². The van der Waals surface area contributed by atoms with E-state index in [0.717, 1.165) is 0 Å². The lowest BCUT2D eigenvalue weighted by Crippen LogP contribution is -2.15. The maximum Gasteiger partial charge on any atom is 0.255 e. The Balaban J connectivity index is 2.43. The Bertz CT molecular complexity index is 339. The van der Waals surface area contributed by atoms with Crippen molar-refractivity contribution in [2.24, 2.45) is 0 Å². The van der Waals surface area contributed by atoms with Crippen molar-refractivity contribution in [3.63, 3.8) is 0 Å². The maximum atomic E-state index is 11.1. The summed E-state index contributed by atoms with van der Waals surface area (Å²) in [4.78, 5) is 22.1. The molecule has 0 atom stereocenters. The number of hydrogen-bond acceptors (Lipinski definition) is 2. The molecule has 1 radical (unpaired) electrons. The zero-order chi connectivity index (χ0) is 9.26. The van der Waals surface area contributed by atoms with Crippen molar-refractivity contribution in [3.05, 3.63) is 24.3 Å². The SMILES string of the molecule is O=C1CC(=O)Nc2ccccc2[N]1. The standard InChI is InChI=1S/C9H7N2O2/c12-8-5-9(13)11-7-4-2-1-3-6(7)10-8/h1-4H,5H2,(H,10,12). The van der Waals surface area contributed by atoms with Crippen LogP contribution in [0.2, 0.25) is 0 Å². The molecule has 13 heavy (non-hydrogen) atoms. The Hall–Kier alpha value is -1.84. The number of fused-ring (bicyclic) bond motifs is 1. The summed E-state index contributed by atoms with van der Waals surface area (Å²) in [5, 5.41) is 6.37. The smallest absolute Gasteiger partial charge is 0.255 e. The van der Waals surface area contributed by atoms with E-state index in [-0.39, 0.29) is 12.3 Å². The molecule has 0 unspecified atom stereocenters. The van der Waals surface area contributed by atoms with Gasteiger partial charge in [-0.3, -0.25) is 9.59 Å². The van der Waals surface area contributed by atoms with Crippen LogP contribution in [0.15, 0.2) is 24.3 Å². The van der Waals surface area contributed by atoms with Crippen LogP contribution in [0.4, 0.5) is 11.4 Å². The predicted molar refractivity (Wildman–Crippen MR) is 46.5 cm³/mol. The van der Waals surface area contributed by atoms with E-state index in [1.54, 1.807) is 24.3 Å². The molecule has 0 fully saturated rings. The molecule has 4 heteroatoms. The Morgan fingerprint density at radius 1 is 1.23 bits per heavy atom. The van der Waals surface area contributed by atoms with Gasteiger partial charge in [0.25, 0.3) is 5.91 Å². The fourth-order valence-corrected chi connectivity index (χ4v) is 1.18. The highest BCUT2D eigenvalue weighted by atomic mass is 16.2. The van der Waals surface area contributed by atoms with Crippen molar-refractivity contribution in [1.29, 1.82) is 0 Å². The molecule has 1 aliphatic heterocycles. The van der Waals surface area contributed by atoms with Crippen LogP contribution in [-0.4, -0.2) is 11.8 Å². The summed E-state index contributed by atoms with van der Waals surface area (Å²) in [5.74, 6) is -0.707. The highest BCUT2D eigenvalue weighted by molar-refractivity contribution is 6.08. The largest absolute Gasteiger partial charge is 0.324 e. The van der Waals surface area contributed by atoms with E-state index in [0.29, 0.717) is 11.4 Å². The van der Waals surface area contributed by atoms with Gasteiger partial charge in [0.2, 0.25) is 5.91 Å². The van der Waals surface area contributed by atoms with Gasteiger partial charge in [-0.05, 0) is 12.1 Å². The second-order valence-corrected chi connectivity index (χ2v) is 2.75. The van der Waals surface area contributed by atoms with E-state index in [9.17, 15) is 9.59 Å². The highest BCUT2D eigenvalue weighted by Gasteiger charge is 2.18. The van der Waals surface area contributed by atoms with Crippen LogP contribution in [0.5, 0.6) is 0 Å². The Morgan fingerprint density at radius 3 is 2.85 bits per heavy atom. The summed E-state index contributed by atoms with van der Waals surface area (Å²) in [7, 11) is 0. The number of para-hydroxylation sites is 2. The number of nitrogens with one attached hydrogen (secondary N) is 1. The maximum absolute atomic E-state index is 11.1. The molecule has 1 heterocycles. The number of anilines is 1. The molecule has 65 valence electrons. The first-order valence-corrected chi connectivity index (χ1v) is 3.89. The molecule has 0 aliphatic carbocycles. The first-order valence-electron chi connectivity index (χ1n) is 3.89. The Labute approximate surface area is 74.9 Å². The Kier molecular flexibility index (Phi) is 1.73. The van der Waals surface area contributed by atoms with Crippen molar-refractivity contribution in [2.45, 2.75) is 6.42 Å². The molecule has 0 aromatic heterocycles. The summed E-state index contributed by atoms with van der Waals surface area (Å²) in [6.07, 6.45) is -0.172. The van der Waals surface area contributed by atoms with E-state index in [4.69, 9.17) is 0 Å². The average molecular weight is 175 g/mol. The number of carbonyl (C=O) groups is 2. The first-order chi connectivity index (χ1) is 6.25. The second kappa shape index (κ2) is 2.90. The van der Waals surface area contributed by atoms with Crippen LogP contribution >= 0.6 is 0 Å². The monoisotopic (exact) mass is 175 g/mol. The van der Waals surface area contributed by atoms with Crippen LogP contribution in [0.25, 0.3) is 0 Å². The lowest BCUT2D eigenvalue weighted by molar-refractivity contribution is -0.125. The highest BCUT2D eigenvalue weighted by Crippen LogP contribution is 2.23. The van der Waals surface area contributed by atoms with E-state index in [2.05, 4.69) is 10.6 Å². The molecule has 0 saturated heterocycles. The first kappa shape index (κ1) is 7.79. The van der Waals surface area contributed by atoms with Gasteiger partial charge < -0.3 is 5.32 Å². The van der Waals surface area contributed by atoms with Gasteiger partial charge in [-0.1, -0.05) is 12.1 Å². The predicted octanol–water partition coefficient (Wildman–Crippen LogP) is 0.791. The van der Waals surface area contributed by atoms with Gasteiger partial charge in [0.1, 0.15) is 6.42 Å². The van der Waals surface area contributed by atoms with E-state index >= 15 is 0 Å². The van der Waals surface area contributed by atoms with Gasteiger partial charge >= 0.3 is 0 Å². The molecule has 1 N–H and O–H groups in total. The number of rotatable bonds is 0.